The number of hydrogen-bond acceptors (Lipinski definition) is 3. The third-order valence-electron chi connectivity index (χ3n) is 3.03. The Bertz CT molecular complexity index is 615. The SMILES string of the molecule is O=C(Cc1c(F)cccc1Cl)N[C@@H]1CS(=O)(=O)C[C@H]1Cl. The molecule has 4 nitrogen and oxygen atoms in total. The lowest BCUT2D eigenvalue weighted by molar-refractivity contribution is -0.121. The highest BCUT2D eigenvalue weighted by Crippen LogP contribution is 2.21. The van der Waals surface area contributed by atoms with Gasteiger partial charge >= 0.3 is 0 Å². The number of carbonyl (C=O) groups excluding carboxylic acids is 1. The molecule has 20 heavy (non-hydrogen) atoms. The number of halogens is 3. The molecular formula is C12H12Cl2FNO3S. The molecular weight excluding hydrogens is 328 g/mol. The highest BCUT2D eigenvalue weighted by molar-refractivity contribution is 7.91. The van der Waals surface area contributed by atoms with Gasteiger partial charge in [-0.2, -0.15) is 0 Å². The van der Waals surface area contributed by atoms with E-state index in [9.17, 15) is 17.6 Å². The molecule has 1 heterocycles. The second-order valence-corrected chi connectivity index (χ2v) is 7.77. The van der Waals surface area contributed by atoms with Crippen LogP contribution in [0.25, 0.3) is 0 Å². The Morgan fingerprint density at radius 2 is 2.10 bits per heavy atom. The van der Waals surface area contributed by atoms with Crippen LogP contribution in [-0.4, -0.2) is 37.2 Å². The molecule has 1 aromatic carbocycles. The molecule has 110 valence electrons. The fourth-order valence-corrected chi connectivity index (χ4v) is 4.84. The minimum absolute atomic E-state index is 0.0821. The van der Waals surface area contributed by atoms with E-state index in [0.717, 1.165) is 0 Å². The minimum atomic E-state index is -3.23. The van der Waals surface area contributed by atoms with Crippen molar-refractivity contribution < 1.29 is 17.6 Å². The smallest absolute Gasteiger partial charge is 0.224 e. The largest absolute Gasteiger partial charge is 0.351 e. The minimum Gasteiger partial charge on any atom is -0.351 e. The van der Waals surface area contributed by atoms with Gasteiger partial charge in [-0.3, -0.25) is 4.79 Å². The lowest BCUT2D eigenvalue weighted by atomic mass is 10.1. The first-order chi connectivity index (χ1) is 9.28. The van der Waals surface area contributed by atoms with E-state index < -0.39 is 33.0 Å². The van der Waals surface area contributed by atoms with Gasteiger partial charge in [0.15, 0.2) is 9.84 Å². The van der Waals surface area contributed by atoms with Crippen molar-refractivity contribution in [3.05, 3.63) is 34.6 Å². The van der Waals surface area contributed by atoms with E-state index >= 15 is 0 Å². The number of amides is 1. The average molecular weight is 340 g/mol. The van der Waals surface area contributed by atoms with E-state index in [0.29, 0.717) is 0 Å². The molecule has 0 unspecified atom stereocenters. The summed E-state index contributed by atoms with van der Waals surface area (Å²) in [6.45, 7) is 0. The number of alkyl halides is 1. The van der Waals surface area contributed by atoms with Crippen LogP contribution >= 0.6 is 23.2 Å². The van der Waals surface area contributed by atoms with Gasteiger partial charge in [0.2, 0.25) is 5.91 Å². The molecule has 1 amide bonds. The number of carbonyl (C=O) groups is 1. The summed E-state index contributed by atoms with van der Waals surface area (Å²) >= 11 is 11.7. The summed E-state index contributed by atoms with van der Waals surface area (Å²) in [4.78, 5) is 11.8. The third-order valence-corrected chi connectivity index (χ3v) is 5.76. The van der Waals surface area contributed by atoms with Crippen LogP contribution in [0, 0.1) is 5.82 Å². The van der Waals surface area contributed by atoms with Crippen LogP contribution in [0.15, 0.2) is 18.2 Å². The lowest BCUT2D eigenvalue weighted by Gasteiger charge is -2.14. The van der Waals surface area contributed by atoms with Crippen molar-refractivity contribution in [2.45, 2.75) is 17.8 Å². The first-order valence-electron chi connectivity index (χ1n) is 5.85. The maximum Gasteiger partial charge on any atom is 0.224 e. The highest BCUT2D eigenvalue weighted by Gasteiger charge is 2.37. The lowest BCUT2D eigenvalue weighted by Crippen LogP contribution is -2.41. The molecule has 2 rings (SSSR count). The predicted molar refractivity (Wildman–Crippen MR) is 75.3 cm³/mol. The Balaban J connectivity index is 2.04. The number of nitrogens with one attached hydrogen (secondary N) is 1. The van der Waals surface area contributed by atoms with Gasteiger partial charge in [0.05, 0.1) is 29.3 Å². The molecule has 0 radical (unpaired) electrons. The van der Waals surface area contributed by atoms with Crippen molar-refractivity contribution in [1.29, 1.82) is 0 Å². The first kappa shape index (κ1) is 15.5. The normalized spacial score (nSPS) is 24.6. The number of benzene rings is 1. The molecule has 0 spiro atoms. The van der Waals surface area contributed by atoms with Crippen LogP contribution in [0.1, 0.15) is 5.56 Å². The molecule has 1 fully saturated rings. The second-order valence-electron chi connectivity index (χ2n) is 4.64. The third kappa shape index (κ3) is 3.62. The van der Waals surface area contributed by atoms with Crippen LogP contribution < -0.4 is 5.32 Å². The summed E-state index contributed by atoms with van der Waals surface area (Å²) < 4.78 is 36.3. The van der Waals surface area contributed by atoms with Gasteiger partial charge < -0.3 is 5.32 Å². The Morgan fingerprint density at radius 3 is 2.65 bits per heavy atom. The van der Waals surface area contributed by atoms with E-state index in [2.05, 4.69) is 5.32 Å². The van der Waals surface area contributed by atoms with Gasteiger partial charge in [-0.25, -0.2) is 12.8 Å². The Morgan fingerprint density at radius 1 is 1.40 bits per heavy atom. The molecule has 0 saturated carbocycles. The van der Waals surface area contributed by atoms with Crippen LogP contribution in [0.4, 0.5) is 4.39 Å². The molecule has 0 aliphatic carbocycles. The van der Waals surface area contributed by atoms with Crippen LogP contribution in [0.5, 0.6) is 0 Å². The van der Waals surface area contributed by atoms with Crippen molar-refractivity contribution >= 4 is 38.9 Å². The van der Waals surface area contributed by atoms with Crippen molar-refractivity contribution in [1.82, 2.24) is 5.32 Å². The monoisotopic (exact) mass is 339 g/mol. The molecule has 0 bridgehead atoms. The Hall–Kier alpha value is -0.850. The van der Waals surface area contributed by atoms with Gasteiger partial charge in [-0.1, -0.05) is 17.7 Å². The fourth-order valence-electron chi connectivity index (χ4n) is 2.06. The Labute approximate surface area is 126 Å². The topological polar surface area (TPSA) is 63.2 Å². The van der Waals surface area contributed by atoms with Crippen LogP contribution in [0.2, 0.25) is 5.02 Å². The standard InChI is InChI=1S/C12H12Cl2FNO3S/c13-8-2-1-3-10(15)7(8)4-12(17)16-11-6-20(18,19)5-9(11)14/h1-3,9,11H,4-6H2,(H,16,17)/t9-,11-/m1/s1. The zero-order chi connectivity index (χ0) is 14.9. The summed E-state index contributed by atoms with van der Waals surface area (Å²) in [5.74, 6) is -1.45. The van der Waals surface area contributed by atoms with E-state index in [1.807, 2.05) is 0 Å². The molecule has 0 aromatic heterocycles. The van der Waals surface area contributed by atoms with Gasteiger partial charge in [0.25, 0.3) is 0 Å². The van der Waals surface area contributed by atoms with Crippen LogP contribution in [0.3, 0.4) is 0 Å². The molecule has 1 aliphatic rings. The van der Waals surface area contributed by atoms with Crippen molar-refractivity contribution in [3.63, 3.8) is 0 Å². The summed E-state index contributed by atoms with van der Waals surface area (Å²) in [7, 11) is -3.23. The maximum absolute atomic E-state index is 13.5. The summed E-state index contributed by atoms with van der Waals surface area (Å²) in [6, 6.07) is 3.48. The first-order valence-corrected chi connectivity index (χ1v) is 8.49. The number of hydrogen-bond donors (Lipinski definition) is 1. The van der Waals surface area contributed by atoms with E-state index in [-0.39, 0.29) is 28.5 Å². The quantitative estimate of drug-likeness (QED) is 0.849. The second kappa shape index (κ2) is 5.87. The number of sulfone groups is 1. The van der Waals surface area contributed by atoms with Gasteiger partial charge in [-0.05, 0) is 12.1 Å². The fraction of sp³-hybridized carbons (Fsp3) is 0.417. The van der Waals surface area contributed by atoms with Crippen molar-refractivity contribution in [2.24, 2.45) is 0 Å². The molecule has 1 saturated heterocycles. The Kier molecular flexibility index (Phi) is 4.56. The molecule has 1 N–H and O–H groups in total. The molecule has 8 heteroatoms. The van der Waals surface area contributed by atoms with E-state index in [4.69, 9.17) is 23.2 Å². The van der Waals surface area contributed by atoms with Crippen LogP contribution in [-0.2, 0) is 21.1 Å². The highest BCUT2D eigenvalue weighted by atomic mass is 35.5. The average Bonchev–Trinajstić information content (AvgIpc) is 2.57. The molecule has 1 aliphatic heterocycles. The summed E-state index contributed by atoms with van der Waals surface area (Å²) in [5, 5.41) is 2.00. The van der Waals surface area contributed by atoms with Gasteiger partial charge in [0, 0.05) is 10.6 Å². The maximum atomic E-state index is 13.5. The van der Waals surface area contributed by atoms with Crippen molar-refractivity contribution in [2.75, 3.05) is 11.5 Å². The molecule has 2 atom stereocenters. The zero-order valence-corrected chi connectivity index (χ0v) is 12.6. The predicted octanol–water partition coefficient (Wildman–Crippen LogP) is 1.54. The van der Waals surface area contributed by atoms with Gasteiger partial charge in [-0.15, -0.1) is 11.6 Å². The van der Waals surface area contributed by atoms with Gasteiger partial charge in [0.1, 0.15) is 5.82 Å². The molecule has 1 aromatic rings. The van der Waals surface area contributed by atoms with Crippen molar-refractivity contribution in [3.8, 4) is 0 Å². The van der Waals surface area contributed by atoms with E-state index in [1.165, 1.54) is 18.2 Å². The summed E-state index contributed by atoms with van der Waals surface area (Å²) in [5.41, 5.74) is 0.0821. The van der Waals surface area contributed by atoms with E-state index in [1.54, 1.807) is 0 Å². The summed E-state index contributed by atoms with van der Waals surface area (Å²) in [6.07, 6.45) is -0.258. The number of rotatable bonds is 3. The zero-order valence-electron chi connectivity index (χ0n) is 10.3.